The summed E-state index contributed by atoms with van der Waals surface area (Å²) in [6.45, 7) is 1.67. The van der Waals surface area contributed by atoms with Crippen LogP contribution in [0.4, 0.5) is 4.39 Å². The van der Waals surface area contributed by atoms with Gasteiger partial charge in [0.25, 0.3) is 11.8 Å². The maximum Gasteiger partial charge on any atom is 0.286 e. The first-order valence-corrected chi connectivity index (χ1v) is 8.00. The normalized spacial score (nSPS) is 15.3. The molecule has 0 unspecified atom stereocenters. The fourth-order valence-corrected chi connectivity index (χ4v) is 2.88. The number of carbonyl (C=O) groups is 2. The van der Waals surface area contributed by atoms with E-state index in [0.29, 0.717) is 31.3 Å². The Labute approximate surface area is 139 Å². The SMILES string of the molecule is O=C(NCC1CCN(C(=O)c2ccccc2F)CC1)c1ccco1. The maximum absolute atomic E-state index is 13.7. The van der Waals surface area contributed by atoms with Gasteiger partial charge in [0.15, 0.2) is 5.76 Å². The molecule has 1 aliphatic rings. The first-order chi connectivity index (χ1) is 11.6. The fourth-order valence-electron chi connectivity index (χ4n) is 2.88. The van der Waals surface area contributed by atoms with Gasteiger partial charge in [-0.2, -0.15) is 0 Å². The summed E-state index contributed by atoms with van der Waals surface area (Å²) in [5, 5.41) is 2.84. The van der Waals surface area contributed by atoms with Crippen molar-refractivity contribution in [2.45, 2.75) is 12.8 Å². The third-order valence-corrected chi connectivity index (χ3v) is 4.30. The van der Waals surface area contributed by atoms with Crippen LogP contribution in [-0.4, -0.2) is 36.3 Å². The van der Waals surface area contributed by atoms with Crippen LogP contribution in [0, 0.1) is 11.7 Å². The van der Waals surface area contributed by atoms with E-state index in [9.17, 15) is 14.0 Å². The van der Waals surface area contributed by atoms with Gasteiger partial charge in [-0.15, -0.1) is 0 Å². The van der Waals surface area contributed by atoms with Crippen molar-refractivity contribution < 1.29 is 18.4 Å². The summed E-state index contributed by atoms with van der Waals surface area (Å²) >= 11 is 0. The Hall–Kier alpha value is -2.63. The molecule has 0 atom stereocenters. The summed E-state index contributed by atoms with van der Waals surface area (Å²) in [5.41, 5.74) is 0.113. The third kappa shape index (κ3) is 3.64. The Kier molecular flexibility index (Phi) is 4.93. The minimum absolute atomic E-state index is 0.113. The highest BCUT2D eigenvalue weighted by atomic mass is 19.1. The molecule has 2 heterocycles. The predicted molar refractivity (Wildman–Crippen MR) is 86.1 cm³/mol. The minimum Gasteiger partial charge on any atom is -0.459 e. The van der Waals surface area contributed by atoms with E-state index in [1.165, 1.54) is 18.4 Å². The molecule has 2 aromatic rings. The van der Waals surface area contributed by atoms with Gasteiger partial charge in [0.1, 0.15) is 5.82 Å². The van der Waals surface area contributed by atoms with Gasteiger partial charge in [0.05, 0.1) is 11.8 Å². The zero-order valence-electron chi connectivity index (χ0n) is 13.2. The highest BCUT2D eigenvalue weighted by Gasteiger charge is 2.25. The summed E-state index contributed by atoms with van der Waals surface area (Å²) in [5.74, 6) is -0.401. The number of piperidine rings is 1. The maximum atomic E-state index is 13.7. The molecule has 2 amide bonds. The Balaban J connectivity index is 1.48. The number of nitrogens with zero attached hydrogens (tertiary/aromatic N) is 1. The highest BCUT2D eigenvalue weighted by molar-refractivity contribution is 5.94. The van der Waals surface area contributed by atoms with Crippen LogP contribution in [0.3, 0.4) is 0 Å². The molecule has 1 saturated heterocycles. The van der Waals surface area contributed by atoms with E-state index >= 15 is 0 Å². The van der Waals surface area contributed by atoms with Gasteiger partial charge < -0.3 is 14.6 Å². The lowest BCUT2D eigenvalue weighted by Gasteiger charge is -2.32. The first kappa shape index (κ1) is 16.2. The van der Waals surface area contributed by atoms with Crippen molar-refractivity contribution in [1.29, 1.82) is 0 Å². The second kappa shape index (κ2) is 7.29. The molecule has 1 fully saturated rings. The highest BCUT2D eigenvalue weighted by Crippen LogP contribution is 2.19. The average Bonchev–Trinajstić information content (AvgIpc) is 3.15. The molecular formula is C18H19FN2O3. The lowest BCUT2D eigenvalue weighted by molar-refractivity contribution is 0.0678. The monoisotopic (exact) mass is 330 g/mol. The topological polar surface area (TPSA) is 62.6 Å². The van der Waals surface area contributed by atoms with Gasteiger partial charge in [0, 0.05) is 19.6 Å². The lowest BCUT2D eigenvalue weighted by Crippen LogP contribution is -2.41. The van der Waals surface area contributed by atoms with Crippen LogP contribution in [0.15, 0.2) is 47.1 Å². The molecule has 5 nitrogen and oxygen atoms in total. The Morgan fingerprint density at radius 3 is 2.58 bits per heavy atom. The summed E-state index contributed by atoms with van der Waals surface area (Å²) in [6, 6.07) is 9.32. The molecule has 1 N–H and O–H groups in total. The number of nitrogens with one attached hydrogen (secondary N) is 1. The van der Waals surface area contributed by atoms with Crippen LogP contribution in [0.5, 0.6) is 0 Å². The Morgan fingerprint density at radius 1 is 1.17 bits per heavy atom. The molecule has 1 aromatic heterocycles. The molecule has 0 spiro atoms. The molecule has 0 aliphatic carbocycles. The van der Waals surface area contributed by atoms with Crippen molar-refractivity contribution >= 4 is 11.8 Å². The molecule has 0 bridgehead atoms. The number of rotatable bonds is 4. The summed E-state index contributed by atoms with van der Waals surface area (Å²) in [6.07, 6.45) is 3.01. The van der Waals surface area contributed by atoms with Crippen molar-refractivity contribution in [3.05, 3.63) is 59.8 Å². The zero-order chi connectivity index (χ0) is 16.9. The number of furan rings is 1. The van der Waals surface area contributed by atoms with Crippen LogP contribution in [0.2, 0.25) is 0 Å². The van der Waals surface area contributed by atoms with Crippen molar-refractivity contribution in [2.75, 3.05) is 19.6 Å². The van der Waals surface area contributed by atoms with Crippen LogP contribution in [-0.2, 0) is 0 Å². The van der Waals surface area contributed by atoms with E-state index in [-0.39, 0.29) is 17.4 Å². The number of halogens is 1. The molecule has 1 aliphatic heterocycles. The quantitative estimate of drug-likeness (QED) is 0.937. The van der Waals surface area contributed by atoms with Gasteiger partial charge in [0.2, 0.25) is 0 Å². The number of hydrogen-bond donors (Lipinski definition) is 1. The summed E-state index contributed by atoms with van der Waals surface area (Å²) in [4.78, 5) is 25.9. The van der Waals surface area contributed by atoms with Crippen molar-refractivity contribution in [1.82, 2.24) is 10.2 Å². The molecular weight excluding hydrogens is 311 g/mol. The standard InChI is InChI=1S/C18H19FN2O3/c19-15-5-2-1-4-14(15)18(23)21-9-7-13(8-10-21)12-20-17(22)16-6-3-11-24-16/h1-6,11,13H,7-10,12H2,(H,20,22). The van der Waals surface area contributed by atoms with Gasteiger partial charge in [-0.1, -0.05) is 12.1 Å². The zero-order valence-corrected chi connectivity index (χ0v) is 13.2. The van der Waals surface area contributed by atoms with Gasteiger partial charge in [-0.3, -0.25) is 9.59 Å². The van der Waals surface area contributed by atoms with Crippen molar-refractivity contribution in [2.24, 2.45) is 5.92 Å². The van der Waals surface area contributed by atoms with Crippen molar-refractivity contribution in [3.8, 4) is 0 Å². The second-order valence-electron chi connectivity index (χ2n) is 5.90. The predicted octanol–water partition coefficient (Wildman–Crippen LogP) is 2.70. The third-order valence-electron chi connectivity index (χ3n) is 4.30. The molecule has 24 heavy (non-hydrogen) atoms. The molecule has 0 saturated carbocycles. The van der Waals surface area contributed by atoms with Crippen LogP contribution >= 0.6 is 0 Å². The van der Waals surface area contributed by atoms with Gasteiger partial charge in [-0.05, 0) is 43.0 Å². The number of hydrogen-bond acceptors (Lipinski definition) is 3. The number of amides is 2. The van der Waals surface area contributed by atoms with Crippen LogP contribution < -0.4 is 5.32 Å². The van der Waals surface area contributed by atoms with Gasteiger partial charge in [-0.25, -0.2) is 4.39 Å². The van der Waals surface area contributed by atoms with Crippen LogP contribution in [0.25, 0.3) is 0 Å². The Bertz CT molecular complexity index is 707. The molecule has 6 heteroatoms. The molecule has 0 radical (unpaired) electrons. The molecule has 3 rings (SSSR count). The van der Waals surface area contributed by atoms with Gasteiger partial charge >= 0.3 is 0 Å². The lowest BCUT2D eigenvalue weighted by atomic mass is 9.96. The van der Waals surface area contributed by atoms with Crippen molar-refractivity contribution in [3.63, 3.8) is 0 Å². The van der Waals surface area contributed by atoms with E-state index in [0.717, 1.165) is 12.8 Å². The second-order valence-corrected chi connectivity index (χ2v) is 5.90. The fraction of sp³-hybridized carbons (Fsp3) is 0.333. The van der Waals surface area contributed by atoms with E-state index in [4.69, 9.17) is 4.42 Å². The minimum atomic E-state index is -0.490. The number of benzene rings is 1. The average molecular weight is 330 g/mol. The summed E-state index contributed by atoms with van der Waals surface area (Å²) in [7, 11) is 0. The smallest absolute Gasteiger partial charge is 0.286 e. The molecule has 1 aromatic carbocycles. The van der Waals surface area contributed by atoms with E-state index in [2.05, 4.69) is 5.32 Å². The number of likely N-dealkylation sites (tertiary alicyclic amines) is 1. The first-order valence-electron chi connectivity index (χ1n) is 8.00. The Morgan fingerprint density at radius 2 is 1.92 bits per heavy atom. The largest absolute Gasteiger partial charge is 0.459 e. The number of carbonyl (C=O) groups excluding carboxylic acids is 2. The van der Waals surface area contributed by atoms with E-state index < -0.39 is 5.82 Å². The van der Waals surface area contributed by atoms with Crippen LogP contribution in [0.1, 0.15) is 33.8 Å². The van der Waals surface area contributed by atoms with E-state index in [1.54, 1.807) is 29.2 Å². The van der Waals surface area contributed by atoms with E-state index in [1.807, 2.05) is 0 Å². The summed E-state index contributed by atoms with van der Waals surface area (Å²) < 4.78 is 18.8. The molecule has 126 valence electrons.